The molecule has 0 aliphatic heterocycles. The van der Waals surface area contributed by atoms with E-state index in [9.17, 15) is 0 Å². The van der Waals surface area contributed by atoms with Gasteiger partial charge in [0.2, 0.25) is 0 Å². The predicted octanol–water partition coefficient (Wildman–Crippen LogP) is 1.27. The minimum atomic E-state index is 0.648. The molecular formula is C3H2BClO. The number of hydrogen-bond donors (Lipinski definition) is 0. The Morgan fingerprint density at radius 2 is 2.67 bits per heavy atom. The SMILES string of the molecule is Clc1bocc1. The first-order chi connectivity index (χ1) is 2.89. The maximum absolute atomic E-state index is 5.36. The average Bonchev–Trinajstić information content (AvgIpc) is 1.86. The minimum absolute atomic E-state index is 0.648. The fourth-order valence-corrected chi connectivity index (χ4v) is 0.351. The number of rotatable bonds is 0. The van der Waals surface area contributed by atoms with Crippen LogP contribution >= 0.6 is 11.6 Å². The molecule has 30 valence electrons. The van der Waals surface area contributed by atoms with Crippen LogP contribution in [0.3, 0.4) is 0 Å². The molecule has 0 aromatic carbocycles. The summed E-state index contributed by atoms with van der Waals surface area (Å²) in [5.74, 6) is 0. The zero-order valence-electron chi connectivity index (χ0n) is 3.02. The van der Waals surface area contributed by atoms with Gasteiger partial charge in [0.05, 0.1) is 0 Å². The third kappa shape index (κ3) is 0.629. The van der Waals surface area contributed by atoms with Crippen LogP contribution in [0.2, 0.25) is 4.92 Å². The molecule has 3 heteroatoms. The Hall–Kier alpha value is -0.235. The number of hydrogen-bond acceptors (Lipinski definition) is 1. The molecule has 1 heterocycles. The monoisotopic (exact) mass is 100.0 g/mol. The van der Waals surface area contributed by atoms with Gasteiger partial charge in [0.25, 0.3) is 0 Å². The van der Waals surface area contributed by atoms with E-state index in [4.69, 9.17) is 11.6 Å². The first kappa shape index (κ1) is 3.94. The van der Waals surface area contributed by atoms with Crippen molar-refractivity contribution < 1.29 is 4.33 Å². The van der Waals surface area contributed by atoms with Crippen molar-refractivity contribution in [1.29, 1.82) is 0 Å². The summed E-state index contributed by atoms with van der Waals surface area (Å²) >= 11 is 5.36. The molecule has 0 saturated heterocycles. The summed E-state index contributed by atoms with van der Waals surface area (Å²) < 4.78 is 4.58. The molecule has 0 saturated carbocycles. The molecule has 0 fully saturated rings. The van der Waals surface area contributed by atoms with E-state index in [-0.39, 0.29) is 0 Å². The molecule has 1 aromatic rings. The van der Waals surface area contributed by atoms with Crippen LogP contribution in [-0.2, 0) is 0 Å². The normalized spacial score (nSPS) is 8.17. The number of halogens is 1. The van der Waals surface area contributed by atoms with Crippen molar-refractivity contribution in [2.24, 2.45) is 0 Å². The van der Waals surface area contributed by atoms with Gasteiger partial charge in [-0.1, -0.05) is 0 Å². The fraction of sp³-hybridized carbons (Fsp3) is 0. The van der Waals surface area contributed by atoms with E-state index in [1.54, 1.807) is 6.07 Å². The topological polar surface area (TPSA) is 13.1 Å². The third-order valence-electron chi connectivity index (χ3n) is 0.486. The van der Waals surface area contributed by atoms with Gasteiger partial charge in [-0.3, -0.25) is 0 Å². The fourth-order valence-electron chi connectivity index (χ4n) is 0.248. The van der Waals surface area contributed by atoms with Gasteiger partial charge in [-0.15, -0.1) is 0 Å². The van der Waals surface area contributed by atoms with E-state index in [1.165, 1.54) is 13.4 Å². The molecule has 0 aliphatic carbocycles. The Bertz CT molecular complexity index is 114. The molecular weight excluding hydrogens is 98.3 g/mol. The average molecular weight is 100 g/mol. The maximum atomic E-state index is 5.36. The van der Waals surface area contributed by atoms with Gasteiger partial charge >= 0.3 is 40.3 Å². The standard InChI is InChI=1S/C3H2BClO/c5-3-1-2-6-4-3/h1-2H. The van der Waals surface area contributed by atoms with Gasteiger partial charge in [-0.25, -0.2) is 0 Å². The van der Waals surface area contributed by atoms with Gasteiger partial charge in [-0.05, 0) is 0 Å². The second-order valence-corrected chi connectivity index (χ2v) is 1.38. The van der Waals surface area contributed by atoms with Gasteiger partial charge in [0, 0.05) is 0 Å². The van der Waals surface area contributed by atoms with Crippen LogP contribution < -0.4 is 0 Å². The van der Waals surface area contributed by atoms with Crippen molar-refractivity contribution in [3.05, 3.63) is 17.2 Å². The molecule has 0 spiro atoms. The Balaban J connectivity index is 3.05. The van der Waals surface area contributed by atoms with Crippen molar-refractivity contribution in [3.8, 4) is 0 Å². The van der Waals surface area contributed by atoms with Crippen LogP contribution in [0.1, 0.15) is 0 Å². The molecule has 0 unspecified atom stereocenters. The van der Waals surface area contributed by atoms with Crippen LogP contribution in [0.5, 0.6) is 0 Å². The van der Waals surface area contributed by atoms with E-state index < -0.39 is 0 Å². The first-order valence-electron chi connectivity index (χ1n) is 1.57. The molecule has 6 heavy (non-hydrogen) atoms. The van der Waals surface area contributed by atoms with E-state index in [0.717, 1.165) is 0 Å². The quantitative estimate of drug-likeness (QED) is 0.478. The molecule has 0 N–H and O–H groups in total. The predicted molar refractivity (Wildman–Crippen MR) is 25.1 cm³/mol. The molecule has 0 atom stereocenters. The van der Waals surface area contributed by atoms with E-state index in [1.807, 2.05) is 0 Å². The zero-order chi connectivity index (χ0) is 4.41. The second-order valence-electron chi connectivity index (χ2n) is 0.942. The zero-order valence-corrected chi connectivity index (χ0v) is 3.77. The summed E-state index contributed by atoms with van der Waals surface area (Å²) in [5.41, 5.74) is 0. The van der Waals surface area contributed by atoms with Crippen molar-refractivity contribution in [2.45, 2.75) is 0 Å². The summed E-state index contributed by atoms with van der Waals surface area (Å²) in [6.07, 6.45) is 1.53. The van der Waals surface area contributed by atoms with Crippen LogP contribution in [0.15, 0.2) is 16.7 Å². The molecule has 1 rings (SSSR count). The Morgan fingerprint density at radius 3 is 2.83 bits per heavy atom. The molecule has 1 aromatic heterocycles. The van der Waals surface area contributed by atoms with E-state index in [2.05, 4.69) is 4.33 Å². The van der Waals surface area contributed by atoms with Crippen molar-refractivity contribution in [2.75, 3.05) is 0 Å². The summed E-state index contributed by atoms with van der Waals surface area (Å²) in [7, 11) is 1.47. The van der Waals surface area contributed by atoms with Gasteiger partial charge in [0.15, 0.2) is 0 Å². The van der Waals surface area contributed by atoms with Gasteiger partial charge in [0.1, 0.15) is 0 Å². The summed E-state index contributed by atoms with van der Waals surface area (Å²) in [5, 5.41) is 0. The van der Waals surface area contributed by atoms with Crippen LogP contribution in [0.25, 0.3) is 0 Å². The summed E-state index contributed by atoms with van der Waals surface area (Å²) in [6, 6.07) is 1.68. The molecule has 0 radical (unpaired) electrons. The third-order valence-corrected chi connectivity index (χ3v) is 0.702. The Morgan fingerprint density at radius 1 is 1.83 bits per heavy atom. The van der Waals surface area contributed by atoms with Gasteiger partial charge in [-0.2, -0.15) is 0 Å². The molecule has 0 aliphatic rings. The summed E-state index contributed by atoms with van der Waals surface area (Å²) in [4.78, 5) is 0.648. The second kappa shape index (κ2) is 1.48. The van der Waals surface area contributed by atoms with Crippen LogP contribution in [-0.4, -0.2) is 7.13 Å². The van der Waals surface area contributed by atoms with E-state index >= 15 is 0 Å². The van der Waals surface area contributed by atoms with Crippen LogP contribution in [0.4, 0.5) is 0 Å². The Labute approximate surface area is 41.2 Å². The molecule has 1 nitrogen and oxygen atoms in total. The Kier molecular flexibility index (Phi) is 0.969. The van der Waals surface area contributed by atoms with E-state index in [0.29, 0.717) is 4.92 Å². The summed E-state index contributed by atoms with van der Waals surface area (Å²) in [6.45, 7) is 0. The van der Waals surface area contributed by atoms with Crippen LogP contribution in [0, 0.1) is 0 Å². The molecule has 0 amide bonds. The van der Waals surface area contributed by atoms with Crippen molar-refractivity contribution >= 4 is 18.7 Å². The van der Waals surface area contributed by atoms with Gasteiger partial charge < -0.3 is 0 Å². The molecule has 0 bridgehead atoms. The van der Waals surface area contributed by atoms with Crippen molar-refractivity contribution in [3.63, 3.8) is 0 Å². The first-order valence-corrected chi connectivity index (χ1v) is 1.95. The van der Waals surface area contributed by atoms with Crippen molar-refractivity contribution in [1.82, 2.24) is 0 Å².